The third-order valence-electron chi connectivity index (χ3n) is 1.79. The van der Waals surface area contributed by atoms with Crippen molar-refractivity contribution in [3.05, 3.63) is 29.8 Å². The molecule has 0 saturated carbocycles. The van der Waals surface area contributed by atoms with Gasteiger partial charge >= 0.3 is 5.97 Å². The van der Waals surface area contributed by atoms with E-state index < -0.39 is 0 Å². The van der Waals surface area contributed by atoms with Gasteiger partial charge in [0.15, 0.2) is 0 Å². The van der Waals surface area contributed by atoms with Crippen LogP contribution < -0.4 is 4.74 Å². The van der Waals surface area contributed by atoms with Gasteiger partial charge in [0, 0.05) is 0 Å². The number of ether oxygens (including phenoxy) is 1. The predicted octanol–water partition coefficient (Wildman–Crippen LogP) is 0.714. The van der Waals surface area contributed by atoms with Crippen molar-refractivity contribution >= 4 is 5.97 Å². The van der Waals surface area contributed by atoms with Crippen LogP contribution in [0.1, 0.15) is 12.0 Å². The highest BCUT2D eigenvalue weighted by Gasteiger charge is 2.15. The fourth-order valence-electron chi connectivity index (χ4n) is 1.22. The molecule has 0 saturated heterocycles. The Balaban J connectivity index is 0.000000720. The molecule has 3 nitrogen and oxygen atoms in total. The highest BCUT2D eigenvalue weighted by molar-refractivity contribution is 5.75. The highest BCUT2D eigenvalue weighted by Crippen LogP contribution is 2.23. The molecule has 2 rings (SSSR count). The first-order chi connectivity index (χ1) is 5.36. The maximum Gasteiger partial charge on any atom is 0.311 e. The molecule has 0 aromatic heterocycles. The number of para-hydroxylation sites is 1. The number of benzene rings is 1. The van der Waals surface area contributed by atoms with Crippen LogP contribution in [-0.2, 0) is 11.2 Å². The first-order valence-corrected chi connectivity index (χ1v) is 3.65. The van der Waals surface area contributed by atoms with Crippen molar-refractivity contribution in [2.24, 2.45) is 0 Å². The van der Waals surface area contributed by atoms with E-state index in [0.29, 0.717) is 6.42 Å². The van der Waals surface area contributed by atoms with E-state index in [1.807, 2.05) is 24.3 Å². The number of carbonyl (C=O) groups excluding carboxylic acids is 1. The van der Waals surface area contributed by atoms with Gasteiger partial charge in [0.2, 0.25) is 0 Å². The second-order valence-corrected chi connectivity index (χ2v) is 2.58. The van der Waals surface area contributed by atoms with E-state index in [2.05, 4.69) is 0 Å². The van der Waals surface area contributed by atoms with Gasteiger partial charge in [0.1, 0.15) is 5.75 Å². The van der Waals surface area contributed by atoms with Gasteiger partial charge in [0.25, 0.3) is 0 Å². The van der Waals surface area contributed by atoms with E-state index in [9.17, 15) is 4.79 Å². The molecular weight excluding hydrogens is 156 g/mol. The molecule has 1 heterocycles. The fraction of sp³-hybridized carbons (Fsp3) is 0.222. The van der Waals surface area contributed by atoms with Crippen LogP contribution in [0.4, 0.5) is 0 Å². The molecule has 2 N–H and O–H groups in total. The zero-order valence-electron chi connectivity index (χ0n) is 6.54. The summed E-state index contributed by atoms with van der Waals surface area (Å²) in [5.41, 5.74) is 1.13. The minimum atomic E-state index is -0.122. The van der Waals surface area contributed by atoms with Crippen LogP contribution in [0.25, 0.3) is 0 Å². The average Bonchev–Trinajstić information content (AvgIpc) is 2.04. The summed E-state index contributed by atoms with van der Waals surface area (Å²) in [5, 5.41) is 0. The number of hydrogen-bond acceptors (Lipinski definition) is 2. The lowest BCUT2D eigenvalue weighted by Gasteiger charge is -2.13. The van der Waals surface area contributed by atoms with E-state index in [4.69, 9.17) is 4.74 Å². The number of esters is 1. The Morgan fingerprint density at radius 3 is 2.75 bits per heavy atom. The van der Waals surface area contributed by atoms with Crippen molar-refractivity contribution in [2.45, 2.75) is 12.8 Å². The van der Waals surface area contributed by atoms with E-state index in [1.165, 1.54) is 0 Å². The lowest BCUT2D eigenvalue weighted by molar-refractivity contribution is -0.135. The Morgan fingerprint density at radius 1 is 1.17 bits per heavy atom. The Bertz CT molecular complexity index is 294. The van der Waals surface area contributed by atoms with Crippen molar-refractivity contribution in [2.75, 3.05) is 0 Å². The maximum absolute atomic E-state index is 10.8. The van der Waals surface area contributed by atoms with Crippen molar-refractivity contribution in [1.82, 2.24) is 0 Å². The van der Waals surface area contributed by atoms with Gasteiger partial charge in [-0.2, -0.15) is 0 Å². The van der Waals surface area contributed by atoms with Gasteiger partial charge in [0.05, 0.1) is 6.42 Å². The Labute approximate surface area is 70.3 Å². The number of rotatable bonds is 0. The minimum Gasteiger partial charge on any atom is -0.426 e. The zero-order valence-corrected chi connectivity index (χ0v) is 6.54. The van der Waals surface area contributed by atoms with Crippen molar-refractivity contribution < 1.29 is 15.0 Å². The normalized spacial score (nSPS) is 14.2. The molecule has 12 heavy (non-hydrogen) atoms. The van der Waals surface area contributed by atoms with E-state index >= 15 is 0 Å². The van der Waals surface area contributed by atoms with Crippen LogP contribution in [0.2, 0.25) is 0 Å². The molecule has 0 spiro atoms. The second-order valence-electron chi connectivity index (χ2n) is 2.58. The van der Waals surface area contributed by atoms with E-state index in [-0.39, 0.29) is 11.4 Å². The van der Waals surface area contributed by atoms with Crippen molar-refractivity contribution in [3.8, 4) is 5.75 Å². The van der Waals surface area contributed by atoms with Crippen LogP contribution >= 0.6 is 0 Å². The van der Waals surface area contributed by atoms with Gasteiger partial charge in [-0.15, -0.1) is 0 Å². The molecule has 1 aromatic carbocycles. The lowest BCUT2D eigenvalue weighted by atomic mass is 10.1. The van der Waals surface area contributed by atoms with Crippen LogP contribution in [0, 0.1) is 0 Å². The van der Waals surface area contributed by atoms with Gasteiger partial charge < -0.3 is 10.2 Å². The third-order valence-corrected chi connectivity index (χ3v) is 1.79. The van der Waals surface area contributed by atoms with Crippen LogP contribution in [0.5, 0.6) is 5.75 Å². The summed E-state index contributed by atoms with van der Waals surface area (Å²) in [6.45, 7) is 0. The summed E-state index contributed by atoms with van der Waals surface area (Å²) >= 11 is 0. The van der Waals surface area contributed by atoms with Crippen LogP contribution in [0.15, 0.2) is 24.3 Å². The number of carbonyl (C=O) groups is 1. The monoisotopic (exact) mass is 166 g/mol. The molecule has 1 aromatic rings. The van der Waals surface area contributed by atoms with Crippen LogP contribution in [0.3, 0.4) is 0 Å². The molecule has 3 heteroatoms. The second kappa shape index (κ2) is 3.36. The summed E-state index contributed by atoms with van der Waals surface area (Å²) in [5.74, 6) is 0.604. The molecule has 1 aliphatic heterocycles. The Kier molecular flexibility index (Phi) is 2.45. The Hall–Kier alpha value is -1.35. The summed E-state index contributed by atoms with van der Waals surface area (Å²) in [7, 11) is 0. The van der Waals surface area contributed by atoms with E-state index in [0.717, 1.165) is 17.7 Å². The molecule has 64 valence electrons. The number of fused-ring (bicyclic) bond motifs is 1. The lowest BCUT2D eigenvalue weighted by Crippen LogP contribution is -2.15. The van der Waals surface area contributed by atoms with Crippen LogP contribution in [-0.4, -0.2) is 11.4 Å². The molecule has 0 bridgehead atoms. The molecule has 0 atom stereocenters. The number of aryl methyl sites for hydroxylation is 1. The highest BCUT2D eigenvalue weighted by atomic mass is 16.5. The molecule has 1 aliphatic rings. The van der Waals surface area contributed by atoms with E-state index in [1.54, 1.807) is 0 Å². The van der Waals surface area contributed by atoms with Gasteiger partial charge in [-0.05, 0) is 18.1 Å². The van der Waals surface area contributed by atoms with Gasteiger partial charge in [-0.1, -0.05) is 18.2 Å². The average molecular weight is 166 g/mol. The minimum absolute atomic E-state index is 0. The smallest absolute Gasteiger partial charge is 0.311 e. The maximum atomic E-state index is 10.8. The van der Waals surface area contributed by atoms with Crippen molar-refractivity contribution in [3.63, 3.8) is 0 Å². The summed E-state index contributed by atoms with van der Waals surface area (Å²) < 4.78 is 4.99. The van der Waals surface area contributed by atoms with Gasteiger partial charge in [-0.25, -0.2) is 0 Å². The summed E-state index contributed by atoms with van der Waals surface area (Å²) in [6, 6.07) is 7.64. The molecule has 0 unspecified atom stereocenters. The molecule has 0 amide bonds. The number of hydrogen-bond donors (Lipinski definition) is 0. The Morgan fingerprint density at radius 2 is 1.92 bits per heavy atom. The topological polar surface area (TPSA) is 57.8 Å². The predicted molar refractivity (Wildman–Crippen MR) is 44.0 cm³/mol. The molecule has 0 radical (unpaired) electrons. The largest absolute Gasteiger partial charge is 0.426 e. The summed E-state index contributed by atoms with van der Waals surface area (Å²) in [6.07, 6.45) is 1.33. The van der Waals surface area contributed by atoms with Crippen molar-refractivity contribution in [1.29, 1.82) is 0 Å². The molecule has 0 fully saturated rings. The third kappa shape index (κ3) is 1.46. The summed E-state index contributed by atoms with van der Waals surface area (Å²) in [4.78, 5) is 10.8. The first kappa shape index (κ1) is 8.74. The zero-order chi connectivity index (χ0) is 7.68. The standard InChI is InChI=1S/C9H8O2.H2O/c10-9-6-5-7-3-1-2-4-8(7)11-9;/h1-4H,5-6H2;1H2. The SMILES string of the molecule is O.O=C1CCc2ccccc2O1. The van der Waals surface area contributed by atoms with Gasteiger partial charge in [-0.3, -0.25) is 4.79 Å². The molecule has 0 aliphatic carbocycles. The first-order valence-electron chi connectivity index (χ1n) is 3.65. The molecular formula is C9H10O3. The fourth-order valence-corrected chi connectivity index (χ4v) is 1.22. The quantitative estimate of drug-likeness (QED) is 0.421.